The van der Waals surface area contributed by atoms with E-state index in [-0.39, 0.29) is 5.95 Å². The zero-order valence-corrected chi connectivity index (χ0v) is 12.1. The van der Waals surface area contributed by atoms with Gasteiger partial charge in [0.2, 0.25) is 5.95 Å². The molecule has 0 aliphatic rings. The molecule has 0 fully saturated rings. The van der Waals surface area contributed by atoms with Crippen molar-refractivity contribution in [3.63, 3.8) is 0 Å². The normalized spacial score (nSPS) is 10.4. The summed E-state index contributed by atoms with van der Waals surface area (Å²) in [4.78, 5) is 7.87. The van der Waals surface area contributed by atoms with E-state index in [0.29, 0.717) is 17.5 Å². The van der Waals surface area contributed by atoms with Crippen molar-refractivity contribution in [2.24, 2.45) is 0 Å². The highest BCUT2D eigenvalue weighted by molar-refractivity contribution is 9.10. The number of halogens is 2. The predicted molar refractivity (Wildman–Crippen MR) is 77.7 cm³/mol. The topological polar surface area (TPSA) is 63.8 Å². The molecule has 1 aromatic heterocycles. The molecule has 2 aromatic rings. The average molecular weight is 328 g/mol. The van der Waals surface area contributed by atoms with Crippen LogP contribution in [0.25, 0.3) is 0 Å². The highest BCUT2D eigenvalue weighted by atomic mass is 79.9. The van der Waals surface area contributed by atoms with Crippen LogP contribution in [-0.2, 0) is 6.54 Å². The lowest BCUT2D eigenvalue weighted by atomic mass is 10.1. The van der Waals surface area contributed by atoms with Crippen LogP contribution < -0.4 is 11.1 Å². The number of anilines is 2. The Morgan fingerprint density at radius 3 is 2.83 bits per heavy atom. The SMILES string of the molecule is Cc1ccc(Br)cc1CNc1cc(Cl)nc(N)n1. The van der Waals surface area contributed by atoms with Crippen LogP contribution in [0.2, 0.25) is 5.15 Å². The van der Waals surface area contributed by atoms with Gasteiger partial charge >= 0.3 is 0 Å². The molecule has 1 heterocycles. The Morgan fingerprint density at radius 1 is 1.33 bits per heavy atom. The van der Waals surface area contributed by atoms with Gasteiger partial charge in [0.05, 0.1) is 0 Å². The molecule has 0 bridgehead atoms. The molecule has 18 heavy (non-hydrogen) atoms. The summed E-state index contributed by atoms with van der Waals surface area (Å²) in [6.45, 7) is 2.71. The van der Waals surface area contributed by atoms with E-state index in [4.69, 9.17) is 17.3 Å². The molecule has 0 aliphatic carbocycles. The molecule has 0 unspecified atom stereocenters. The number of rotatable bonds is 3. The van der Waals surface area contributed by atoms with Gasteiger partial charge in [-0.3, -0.25) is 0 Å². The molecule has 0 saturated carbocycles. The van der Waals surface area contributed by atoms with Gasteiger partial charge in [0, 0.05) is 17.1 Å². The molecule has 94 valence electrons. The fourth-order valence-electron chi connectivity index (χ4n) is 1.54. The van der Waals surface area contributed by atoms with Crippen LogP contribution in [0.5, 0.6) is 0 Å². The third-order valence-corrected chi connectivity index (χ3v) is 3.17. The summed E-state index contributed by atoms with van der Waals surface area (Å²) >= 11 is 9.26. The number of nitrogen functional groups attached to an aromatic ring is 1. The molecule has 2 rings (SSSR count). The maximum atomic E-state index is 5.81. The Bertz CT molecular complexity index is 554. The average Bonchev–Trinajstić information content (AvgIpc) is 2.29. The Labute approximate surface area is 119 Å². The minimum atomic E-state index is 0.163. The highest BCUT2D eigenvalue weighted by Gasteiger charge is 2.02. The standard InChI is InChI=1S/C12H12BrClN4/c1-7-2-3-9(13)4-8(7)6-16-11-5-10(14)17-12(15)18-11/h2-5H,6H2,1H3,(H3,15,16,17,18). The van der Waals surface area contributed by atoms with Crippen molar-refractivity contribution >= 4 is 39.3 Å². The van der Waals surface area contributed by atoms with Crippen LogP contribution >= 0.6 is 27.5 Å². The van der Waals surface area contributed by atoms with Gasteiger partial charge in [0.15, 0.2) is 0 Å². The number of hydrogen-bond acceptors (Lipinski definition) is 4. The molecular weight excluding hydrogens is 316 g/mol. The Kier molecular flexibility index (Phi) is 4.04. The summed E-state index contributed by atoms with van der Waals surface area (Å²) in [6.07, 6.45) is 0. The Morgan fingerprint density at radius 2 is 2.11 bits per heavy atom. The van der Waals surface area contributed by atoms with E-state index in [1.807, 2.05) is 6.07 Å². The van der Waals surface area contributed by atoms with Gasteiger partial charge in [-0.1, -0.05) is 33.6 Å². The van der Waals surface area contributed by atoms with Crippen LogP contribution in [0.4, 0.5) is 11.8 Å². The highest BCUT2D eigenvalue weighted by Crippen LogP contribution is 2.18. The second-order valence-electron chi connectivity index (χ2n) is 3.86. The largest absolute Gasteiger partial charge is 0.368 e. The van der Waals surface area contributed by atoms with E-state index in [1.165, 1.54) is 11.1 Å². The summed E-state index contributed by atoms with van der Waals surface area (Å²) in [7, 11) is 0. The van der Waals surface area contributed by atoms with Crippen LogP contribution in [-0.4, -0.2) is 9.97 Å². The first-order valence-electron chi connectivity index (χ1n) is 5.33. The van der Waals surface area contributed by atoms with E-state index in [0.717, 1.165) is 4.47 Å². The van der Waals surface area contributed by atoms with Crippen molar-refractivity contribution in [2.75, 3.05) is 11.1 Å². The fraction of sp³-hybridized carbons (Fsp3) is 0.167. The van der Waals surface area contributed by atoms with Crippen molar-refractivity contribution < 1.29 is 0 Å². The van der Waals surface area contributed by atoms with E-state index >= 15 is 0 Å². The van der Waals surface area contributed by atoms with E-state index in [9.17, 15) is 0 Å². The maximum Gasteiger partial charge on any atom is 0.223 e. The van der Waals surface area contributed by atoms with Crippen molar-refractivity contribution in [3.05, 3.63) is 45.0 Å². The summed E-state index contributed by atoms with van der Waals surface area (Å²) in [6, 6.07) is 7.78. The van der Waals surface area contributed by atoms with Crippen molar-refractivity contribution in [3.8, 4) is 0 Å². The molecule has 0 amide bonds. The third kappa shape index (κ3) is 3.34. The quantitative estimate of drug-likeness (QED) is 0.848. The van der Waals surface area contributed by atoms with Crippen LogP contribution in [0.1, 0.15) is 11.1 Å². The molecule has 0 radical (unpaired) electrons. The van der Waals surface area contributed by atoms with Gasteiger partial charge < -0.3 is 11.1 Å². The lowest BCUT2D eigenvalue weighted by Gasteiger charge is -2.09. The summed E-state index contributed by atoms with van der Waals surface area (Å²) in [5.74, 6) is 0.780. The summed E-state index contributed by atoms with van der Waals surface area (Å²) in [5.41, 5.74) is 7.91. The van der Waals surface area contributed by atoms with Gasteiger partial charge in [0.1, 0.15) is 11.0 Å². The second-order valence-corrected chi connectivity index (χ2v) is 5.16. The first kappa shape index (κ1) is 13.1. The van der Waals surface area contributed by atoms with E-state index in [1.54, 1.807) is 6.07 Å². The summed E-state index contributed by atoms with van der Waals surface area (Å²) in [5, 5.41) is 3.50. The number of benzene rings is 1. The van der Waals surface area contributed by atoms with Crippen LogP contribution in [0.15, 0.2) is 28.7 Å². The van der Waals surface area contributed by atoms with Crippen molar-refractivity contribution in [2.45, 2.75) is 13.5 Å². The molecule has 0 atom stereocenters. The van der Waals surface area contributed by atoms with Gasteiger partial charge in [-0.05, 0) is 30.2 Å². The molecular formula is C12H12BrClN4. The zero-order chi connectivity index (χ0) is 13.1. The van der Waals surface area contributed by atoms with Crippen molar-refractivity contribution in [1.29, 1.82) is 0 Å². The number of nitrogens with zero attached hydrogens (tertiary/aromatic N) is 2. The number of nitrogens with two attached hydrogens (primary N) is 1. The Hall–Kier alpha value is -1.33. The molecule has 1 aromatic carbocycles. The number of aromatic nitrogens is 2. The van der Waals surface area contributed by atoms with Crippen LogP contribution in [0, 0.1) is 6.92 Å². The molecule has 0 aliphatic heterocycles. The Balaban J connectivity index is 2.13. The van der Waals surface area contributed by atoms with E-state index in [2.05, 4.69) is 50.3 Å². The second kappa shape index (κ2) is 5.54. The van der Waals surface area contributed by atoms with Crippen LogP contribution in [0.3, 0.4) is 0 Å². The molecule has 3 N–H and O–H groups in total. The molecule has 4 nitrogen and oxygen atoms in total. The monoisotopic (exact) mass is 326 g/mol. The third-order valence-electron chi connectivity index (χ3n) is 2.48. The van der Waals surface area contributed by atoms with E-state index < -0.39 is 0 Å². The van der Waals surface area contributed by atoms with Crippen molar-refractivity contribution in [1.82, 2.24) is 9.97 Å². The molecule has 6 heteroatoms. The first-order valence-corrected chi connectivity index (χ1v) is 6.50. The number of nitrogens with one attached hydrogen (secondary N) is 1. The van der Waals surface area contributed by atoms with Gasteiger partial charge in [-0.25, -0.2) is 4.98 Å². The van der Waals surface area contributed by atoms with Gasteiger partial charge in [-0.2, -0.15) is 4.98 Å². The molecule has 0 saturated heterocycles. The lowest BCUT2D eigenvalue weighted by Crippen LogP contribution is -2.05. The minimum absolute atomic E-state index is 0.163. The minimum Gasteiger partial charge on any atom is -0.368 e. The number of aryl methyl sites for hydroxylation is 1. The smallest absolute Gasteiger partial charge is 0.223 e. The summed E-state index contributed by atoms with van der Waals surface area (Å²) < 4.78 is 1.05. The molecule has 0 spiro atoms. The predicted octanol–water partition coefficient (Wildman–Crippen LogP) is 3.40. The first-order chi connectivity index (χ1) is 8.54. The lowest BCUT2D eigenvalue weighted by molar-refractivity contribution is 1.07. The van der Waals surface area contributed by atoms with Gasteiger partial charge in [0.25, 0.3) is 0 Å². The number of hydrogen-bond donors (Lipinski definition) is 2. The van der Waals surface area contributed by atoms with Gasteiger partial charge in [-0.15, -0.1) is 0 Å². The maximum absolute atomic E-state index is 5.81. The fourth-order valence-corrected chi connectivity index (χ4v) is 2.14. The zero-order valence-electron chi connectivity index (χ0n) is 9.74.